The van der Waals surface area contributed by atoms with Gasteiger partial charge in [-0.2, -0.15) is 0 Å². The molecule has 0 atom stereocenters. The van der Waals surface area contributed by atoms with E-state index in [1.807, 2.05) is 11.9 Å². The topological polar surface area (TPSA) is 15.3 Å². The van der Waals surface area contributed by atoms with E-state index in [-0.39, 0.29) is 12.1 Å². The Morgan fingerprint density at radius 2 is 1.94 bits per heavy atom. The fourth-order valence-corrected chi connectivity index (χ4v) is 1.80. The fourth-order valence-electron chi connectivity index (χ4n) is 1.80. The van der Waals surface area contributed by atoms with Gasteiger partial charge in [0, 0.05) is 31.2 Å². The molecular formula is C13H17F3N2. The van der Waals surface area contributed by atoms with Crippen LogP contribution in [0.15, 0.2) is 12.1 Å². The zero-order valence-electron chi connectivity index (χ0n) is 10.3. The van der Waals surface area contributed by atoms with Crippen molar-refractivity contribution in [3.05, 3.63) is 35.1 Å². The van der Waals surface area contributed by atoms with Crippen LogP contribution >= 0.6 is 0 Å². The van der Waals surface area contributed by atoms with Crippen molar-refractivity contribution in [2.75, 3.05) is 20.1 Å². The summed E-state index contributed by atoms with van der Waals surface area (Å²) in [7, 11) is 1.83. The first-order valence-electron chi connectivity index (χ1n) is 6.12. The van der Waals surface area contributed by atoms with Gasteiger partial charge < -0.3 is 10.2 Å². The van der Waals surface area contributed by atoms with Crippen LogP contribution in [0.5, 0.6) is 0 Å². The van der Waals surface area contributed by atoms with Crippen LogP contribution < -0.4 is 5.32 Å². The quantitative estimate of drug-likeness (QED) is 0.788. The number of nitrogens with zero attached hydrogens (tertiary/aromatic N) is 1. The Morgan fingerprint density at radius 3 is 2.61 bits per heavy atom. The van der Waals surface area contributed by atoms with Crippen molar-refractivity contribution < 1.29 is 13.2 Å². The van der Waals surface area contributed by atoms with Gasteiger partial charge in [-0.3, -0.25) is 0 Å². The molecule has 0 radical (unpaired) electrons. The van der Waals surface area contributed by atoms with Crippen LogP contribution in [-0.4, -0.2) is 31.1 Å². The van der Waals surface area contributed by atoms with E-state index < -0.39 is 17.5 Å². The number of hydrogen-bond donors (Lipinski definition) is 1. The molecule has 2 nitrogen and oxygen atoms in total. The lowest BCUT2D eigenvalue weighted by molar-refractivity contribution is 0.314. The molecule has 5 heteroatoms. The molecule has 1 N–H and O–H groups in total. The lowest BCUT2D eigenvalue weighted by Crippen LogP contribution is -2.30. The highest BCUT2D eigenvalue weighted by Crippen LogP contribution is 2.18. The Bertz CT molecular complexity index is 419. The molecule has 1 aromatic rings. The van der Waals surface area contributed by atoms with Crippen LogP contribution in [0.3, 0.4) is 0 Å². The molecule has 1 fully saturated rings. The second-order valence-corrected chi connectivity index (χ2v) is 4.80. The van der Waals surface area contributed by atoms with Crippen molar-refractivity contribution in [1.29, 1.82) is 0 Å². The van der Waals surface area contributed by atoms with Gasteiger partial charge in [-0.05, 0) is 26.0 Å². The molecular weight excluding hydrogens is 241 g/mol. The summed E-state index contributed by atoms with van der Waals surface area (Å²) in [5.74, 6) is -3.62. The van der Waals surface area contributed by atoms with Gasteiger partial charge in [0.25, 0.3) is 0 Å². The summed E-state index contributed by atoms with van der Waals surface area (Å²) in [5.41, 5.74) is 0.183. The van der Waals surface area contributed by atoms with E-state index in [0.29, 0.717) is 6.04 Å². The first-order valence-corrected chi connectivity index (χ1v) is 6.12. The SMILES string of the molecule is CN(CCNC1CC1)Cc1ccc(F)c(F)c1F. The molecule has 0 bridgehead atoms. The van der Waals surface area contributed by atoms with Crippen molar-refractivity contribution in [2.45, 2.75) is 25.4 Å². The molecule has 1 aliphatic carbocycles. The predicted molar refractivity (Wildman–Crippen MR) is 63.7 cm³/mol. The zero-order valence-corrected chi connectivity index (χ0v) is 10.3. The first kappa shape index (κ1) is 13.4. The first-order chi connectivity index (χ1) is 8.58. The molecule has 0 aromatic heterocycles. The molecule has 0 aliphatic heterocycles. The molecule has 0 spiro atoms. The van der Waals surface area contributed by atoms with Gasteiger partial charge >= 0.3 is 0 Å². The Hall–Kier alpha value is -1.07. The van der Waals surface area contributed by atoms with Crippen LogP contribution in [0.1, 0.15) is 18.4 Å². The monoisotopic (exact) mass is 258 g/mol. The maximum absolute atomic E-state index is 13.4. The van der Waals surface area contributed by atoms with Crippen molar-refractivity contribution >= 4 is 0 Å². The number of rotatable bonds is 6. The average Bonchev–Trinajstić information content (AvgIpc) is 3.14. The van der Waals surface area contributed by atoms with Crippen LogP contribution in [0.25, 0.3) is 0 Å². The largest absolute Gasteiger partial charge is 0.313 e. The predicted octanol–water partition coefficient (Wildman–Crippen LogP) is 2.29. The van der Waals surface area contributed by atoms with Gasteiger partial charge in [0.15, 0.2) is 17.5 Å². The third-order valence-electron chi connectivity index (χ3n) is 3.06. The van der Waals surface area contributed by atoms with E-state index in [1.165, 1.54) is 18.9 Å². The second-order valence-electron chi connectivity index (χ2n) is 4.80. The molecule has 0 unspecified atom stereocenters. The minimum atomic E-state index is -1.39. The van der Waals surface area contributed by atoms with Gasteiger partial charge in [-0.15, -0.1) is 0 Å². The van der Waals surface area contributed by atoms with E-state index in [2.05, 4.69) is 5.32 Å². The minimum absolute atomic E-state index is 0.183. The molecule has 1 aliphatic rings. The fraction of sp³-hybridized carbons (Fsp3) is 0.538. The highest BCUT2D eigenvalue weighted by Gasteiger charge is 2.20. The van der Waals surface area contributed by atoms with Crippen LogP contribution in [0.4, 0.5) is 13.2 Å². The second kappa shape index (κ2) is 5.71. The molecule has 1 aromatic carbocycles. The summed E-state index contributed by atoms with van der Waals surface area (Å²) < 4.78 is 39.2. The summed E-state index contributed by atoms with van der Waals surface area (Å²) in [4.78, 5) is 1.88. The van der Waals surface area contributed by atoms with Crippen molar-refractivity contribution in [2.24, 2.45) is 0 Å². The molecule has 18 heavy (non-hydrogen) atoms. The van der Waals surface area contributed by atoms with E-state index in [4.69, 9.17) is 0 Å². The molecule has 0 saturated heterocycles. The lowest BCUT2D eigenvalue weighted by Gasteiger charge is -2.17. The van der Waals surface area contributed by atoms with Crippen molar-refractivity contribution in [3.63, 3.8) is 0 Å². The summed E-state index contributed by atoms with van der Waals surface area (Å²) in [5, 5.41) is 3.34. The number of likely N-dealkylation sites (N-methyl/N-ethyl adjacent to an activating group) is 1. The number of halogens is 3. The van der Waals surface area contributed by atoms with Gasteiger partial charge in [-0.25, -0.2) is 13.2 Å². The molecule has 0 amide bonds. The van der Waals surface area contributed by atoms with Crippen LogP contribution in [0.2, 0.25) is 0 Å². The van der Waals surface area contributed by atoms with Gasteiger partial charge in [0.05, 0.1) is 0 Å². The number of benzene rings is 1. The van der Waals surface area contributed by atoms with Crippen LogP contribution in [-0.2, 0) is 6.54 Å². The Kier molecular flexibility index (Phi) is 4.24. The third kappa shape index (κ3) is 3.46. The smallest absolute Gasteiger partial charge is 0.194 e. The average molecular weight is 258 g/mol. The molecule has 100 valence electrons. The summed E-state index contributed by atoms with van der Waals surface area (Å²) >= 11 is 0. The Labute approximate surface area is 105 Å². The van der Waals surface area contributed by atoms with Crippen molar-refractivity contribution in [1.82, 2.24) is 10.2 Å². The Balaban J connectivity index is 1.85. The van der Waals surface area contributed by atoms with Crippen molar-refractivity contribution in [3.8, 4) is 0 Å². The van der Waals surface area contributed by atoms with Gasteiger partial charge in [0.2, 0.25) is 0 Å². The maximum Gasteiger partial charge on any atom is 0.194 e. The van der Waals surface area contributed by atoms with E-state index >= 15 is 0 Å². The van der Waals surface area contributed by atoms with Gasteiger partial charge in [0.1, 0.15) is 0 Å². The summed E-state index contributed by atoms with van der Waals surface area (Å²) in [6.07, 6.45) is 2.45. The third-order valence-corrected chi connectivity index (χ3v) is 3.06. The number of hydrogen-bond acceptors (Lipinski definition) is 2. The normalized spacial score (nSPS) is 15.4. The lowest BCUT2D eigenvalue weighted by atomic mass is 10.2. The molecule has 0 heterocycles. The van der Waals surface area contributed by atoms with Gasteiger partial charge in [-0.1, -0.05) is 6.07 Å². The molecule has 2 rings (SSSR count). The zero-order chi connectivity index (χ0) is 13.1. The van der Waals surface area contributed by atoms with E-state index in [1.54, 1.807) is 0 Å². The Morgan fingerprint density at radius 1 is 1.22 bits per heavy atom. The van der Waals surface area contributed by atoms with E-state index in [0.717, 1.165) is 19.2 Å². The summed E-state index contributed by atoms with van der Waals surface area (Å²) in [6.45, 7) is 1.84. The molecule has 1 saturated carbocycles. The maximum atomic E-state index is 13.4. The minimum Gasteiger partial charge on any atom is -0.313 e. The standard InChI is InChI=1S/C13H17F3N2/c1-18(7-6-17-10-3-4-10)8-9-2-5-11(14)13(16)12(9)15/h2,5,10,17H,3-4,6-8H2,1H3. The summed E-state index contributed by atoms with van der Waals surface area (Å²) in [6, 6.07) is 2.89. The van der Waals surface area contributed by atoms with E-state index in [9.17, 15) is 13.2 Å². The highest BCUT2D eigenvalue weighted by atomic mass is 19.2. The number of nitrogens with one attached hydrogen (secondary N) is 1. The highest BCUT2D eigenvalue weighted by molar-refractivity contribution is 5.20. The van der Waals surface area contributed by atoms with Crippen LogP contribution in [0, 0.1) is 17.5 Å².